The van der Waals surface area contributed by atoms with Crippen molar-refractivity contribution in [1.82, 2.24) is 4.90 Å². The van der Waals surface area contributed by atoms with Crippen molar-refractivity contribution in [3.05, 3.63) is 46.2 Å². The number of anilines is 1. The van der Waals surface area contributed by atoms with E-state index >= 15 is 0 Å². The van der Waals surface area contributed by atoms with Gasteiger partial charge in [-0.05, 0) is 43.3 Å². The van der Waals surface area contributed by atoms with Gasteiger partial charge < -0.3 is 15.0 Å². The highest BCUT2D eigenvalue weighted by Crippen LogP contribution is 2.39. The Morgan fingerprint density at radius 1 is 1.33 bits per heavy atom. The number of carbonyl (C=O) groups excluding carboxylic acids is 2. The van der Waals surface area contributed by atoms with E-state index in [2.05, 4.69) is 11.4 Å². The molecule has 3 heterocycles. The molecule has 2 aromatic rings. The first-order chi connectivity index (χ1) is 11.6. The van der Waals surface area contributed by atoms with Crippen LogP contribution in [0.1, 0.15) is 41.0 Å². The molecular formula is C18H18N2O3S. The van der Waals surface area contributed by atoms with Crippen molar-refractivity contribution in [2.24, 2.45) is 0 Å². The number of hydrogen-bond donors (Lipinski definition) is 1. The van der Waals surface area contributed by atoms with Gasteiger partial charge >= 0.3 is 0 Å². The molecule has 5 nitrogen and oxygen atoms in total. The van der Waals surface area contributed by atoms with Crippen LogP contribution in [-0.4, -0.2) is 29.4 Å². The monoisotopic (exact) mass is 342 g/mol. The lowest BCUT2D eigenvalue weighted by molar-refractivity contribution is -0.122. The first kappa shape index (κ1) is 15.2. The summed E-state index contributed by atoms with van der Waals surface area (Å²) < 4.78 is 5.72. The number of benzene rings is 1. The van der Waals surface area contributed by atoms with E-state index in [1.165, 1.54) is 4.88 Å². The molecule has 1 aromatic carbocycles. The lowest BCUT2D eigenvalue weighted by atomic mass is 10.1. The third-order valence-corrected chi connectivity index (χ3v) is 5.53. The van der Waals surface area contributed by atoms with Gasteiger partial charge in [-0.1, -0.05) is 12.1 Å². The highest BCUT2D eigenvalue weighted by atomic mass is 32.1. The molecule has 4 rings (SSSR count). The van der Waals surface area contributed by atoms with Gasteiger partial charge in [0.2, 0.25) is 0 Å². The van der Waals surface area contributed by atoms with Crippen molar-refractivity contribution in [3.63, 3.8) is 0 Å². The Kier molecular flexibility index (Phi) is 3.76. The number of likely N-dealkylation sites (tertiary alicyclic amines) is 1. The molecule has 1 N–H and O–H groups in total. The molecule has 1 aromatic heterocycles. The van der Waals surface area contributed by atoms with Gasteiger partial charge in [0.05, 0.1) is 17.3 Å². The van der Waals surface area contributed by atoms with Crippen LogP contribution >= 0.6 is 11.3 Å². The minimum atomic E-state index is -0.599. The Bertz CT molecular complexity index is 788. The van der Waals surface area contributed by atoms with Crippen molar-refractivity contribution < 1.29 is 14.3 Å². The molecule has 2 aliphatic rings. The average molecular weight is 342 g/mol. The van der Waals surface area contributed by atoms with E-state index in [9.17, 15) is 9.59 Å². The predicted molar refractivity (Wildman–Crippen MR) is 92.5 cm³/mol. The van der Waals surface area contributed by atoms with Gasteiger partial charge in [-0.2, -0.15) is 0 Å². The van der Waals surface area contributed by atoms with Gasteiger partial charge in [0.15, 0.2) is 11.9 Å². The molecule has 2 aliphatic heterocycles. The number of nitrogens with zero attached hydrogens (tertiary/aromatic N) is 1. The molecule has 0 bridgehead atoms. The molecule has 0 aliphatic carbocycles. The quantitative estimate of drug-likeness (QED) is 0.909. The standard InChI is InChI=1S/C18H18N2O3S/c1-11-17(21)19-13-6-2-5-12(16(13)23-11)18(22)20-9-3-7-14(20)15-8-4-10-24-15/h2,4-6,8,10-11,14H,3,7,9H2,1H3,(H,19,21)/t11-,14-/m0/s1. The third-order valence-electron chi connectivity index (χ3n) is 4.55. The zero-order valence-corrected chi connectivity index (χ0v) is 14.1. The summed E-state index contributed by atoms with van der Waals surface area (Å²) in [6.07, 6.45) is 1.38. The fraction of sp³-hybridized carbons (Fsp3) is 0.333. The molecule has 2 atom stereocenters. The minimum absolute atomic E-state index is 0.0360. The fourth-order valence-corrected chi connectivity index (χ4v) is 4.21. The second-order valence-corrected chi connectivity index (χ2v) is 7.08. The second-order valence-electron chi connectivity index (χ2n) is 6.10. The van der Waals surface area contributed by atoms with E-state index < -0.39 is 6.10 Å². The first-order valence-corrected chi connectivity index (χ1v) is 8.98. The Balaban J connectivity index is 1.68. The number of rotatable bonds is 2. The number of hydrogen-bond acceptors (Lipinski definition) is 4. The summed E-state index contributed by atoms with van der Waals surface area (Å²) in [4.78, 5) is 28.1. The van der Waals surface area contributed by atoms with E-state index in [0.29, 0.717) is 17.0 Å². The number of carbonyl (C=O) groups is 2. The number of ether oxygens (including phenoxy) is 1. The van der Waals surface area contributed by atoms with E-state index in [1.54, 1.807) is 36.5 Å². The molecular weight excluding hydrogens is 324 g/mol. The summed E-state index contributed by atoms with van der Waals surface area (Å²) in [7, 11) is 0. The zero-order chi connectivity index (χ0) is 16.7. The van der Waals surface area contributed by atoms with Gasteiger partial charge in [-0.25, -0.2) is 0 Å². The molecule has 124 valence electrons. The summed E-state index contributed by atoms with van der Waals surface area (Å²) in [6, 6.07) is 9.54. The van der Waals surface area contributed by atoms with Crippen LogP contribution in [0.15, 0.2) is 35.7 Å². The highest BCUT2D eigenvalue weighted by molar-refractivity contribution is 7.10. The van der Waals surface area contributed by atoms with Gasteiger partial charge in [0, 0.05) is 11.4 Å². The van der Waals surface area contributed by atoms with E-state index in [-0.39, 0.29) is 17.9 Å². The Morgan fingerprint density at radius 2 is 2.21 bits per heavy atom. The van der Waals surface area contributed by atoms with Crippen LogP contribution in [0.5, 0.6) is 5.75 Å². The highest BCUT2D eigenvalue weighted by Gasteiger charge is 2.34. The van der Waals surface area contributed by atoms with Crippen LogP contribution in [0.3, 0.4) is 0 Å². The van der Waals surface area contributed by atoms with Gasteiger partial charge in [0.1, 0.15) is 0 Å². The normalized spacial score (nSPS) is 22.7. The number of thiophene rings is 1. The average Bonchev–Trinajstić information content (AvgIpc) is 3.25. The number of amides is 2. The van der Waals surface area contributed by atoms with Gasteiger partial charge in [-0.3, -0.25) is 9.59 Å². The summed E-state index contributed by atoms with van der Waals surface area (Å²) in [5, 5.41) is 4.84. The Morgan fingerprint density at radius 3 is 3.00 bits per heavy atom. The van der Waals surface area contributed by atoms with Gasteiger partial charge in [0.25, 0.3) is 11.8 Å². The van der Waals surface area contributed by atoms with Crippen molar-refractivity contribution in [3.8, 4) is 5.75 Å². The topological polar surface area (TPSA) is 58.6 Å². The number of nitrogens with one attached hydrogen (secondary N) is 1. The SMILES string of the molecule is C[C@@H]1Oc2c(cccc2C(=O)N2CCC[C@H]2c2cccs2)NC1=O. The molecule has 1 saturated heterocycles. The second kappa shape index (κ2) is 5.94. The zero-order valence-electron chi connectivity index (χ0n) is 13.3. The van der Waals surface area contributed by atoms with Crippen molar-refractivity contribution in [1.29, 1.82) is 0 Å². The molecule has 24 heavy (non-hydrogen) atoms. The summed E-state index contributed by atoms with van der Waals surface area (Å²) in [5.74, 6) is 0.252. The summed E-state index contributed by atoms with van der Waals surface area (Å²) in [6.45, 7) is 2.43. The molecule has 0 spiro atoms. The Hall–Kier alpha value is -2.34. The van der Waals surface area contributed by atoms with Crippen molar-refractivity contribution in [2.75, 3.05) is 11.9 Å². The van der Waals surface area contributed by atoms with E-state index in [4.69, 9.17) is 4.74 Å². The maximum Gasteiger partial charge on any atom is 0.265 e. The first-order valence-electron chi connectivity index (χ1n) is 8.10. The maximum absolute atomic E-state index is 13.2. The predicted octanol–water partition coefficient (Wildman–Crippen LogP) is 3.44. The Labute approximate surface area is 144 Å². The van der Waals surface area contributed by atoms with Crippen LogP contribution in [-0.2, 0) is 4.79 Å². The smallest absolute Gasteiger partial charge is 0.265 e. The summed E-state index contributed by atoms with van der Waals surface area (Å²) >= 11 is 1.68. The fourth-order valence-electron chi connectivity index (χ4n) is 3.34. The van der Waals surface area contributed by atoms with Crippen LogP contribution in [0.4, 0.5) is 5.69 Å². The molecule has 2 amide bonds. The van der Waals surface area contributed by atoms with Crippen LogP contribution in [0.25, 0.3) is 0 Å². The van der Waals surface area contributed by atoms with Crippen molar-refractivity contribution in [2.45, 2.75) is 31.9 Å². The maximum atomic E-state index is 13.2. The lowest BCUT2D eigenvalue weighted by Gasteiger charge is -2.28. The molecule has 0 radical (unpaired) electrons. The number of fused-ring (bicyclic) bond motifs is 1. The minimum Gasteiger partial charge on any atom is -0.478 e. The lowest BCUT2D eigenvalue weighted by Crippen LogP contribution is -2.36. The molecule has 0 unspecified atom stereocenters. The molecule has 1 fully saturated rings. The van der Waals surface area contributed by atoms with Gasteiger partial charge in [-0.15, -0.1) is 11.3 Å². The molecule has 6 heteroatoms. The van der Waals surface area contributed by atoms with Crippen LogP contribution in [0, 0.1) is 0 Å². The molecule has 0 saturated carbocycles. The van der Waals surface area contributed by atoms with Crippen LogP contribution < -0.4 is 10.1 Å². The largest absolute Gasteiger partial charge is 0.478 e. The summed E-state index contributed by atoms with van der Waals surface area (Å²) in [5.41, 5.74) is 1.08. The third kappa shape index (κ3) is 2.47. The number of para-hydroxylation sites is 1. The van der Waals surface area contributed by atoms with Crippen molar-refractivity contribution >= 4 is 28.8 Å². The van der Waals surface area contributed by atoms with E-state index in [1.807, 2.05) is 16.3 Å². The van der Waals surface area contributed by atoms with Crippen LogP contribution in [0.2, 0.25) is 0 Å². The van der Waals surface area contributed by atoms with E-state index in [0.717, 1.165) is 19.4 Å².